The number of fused-ring (bicyclic) bond motifs is 1. The molecule has 0 radical (unpaired) electrons. The van der Waals surface area contributed by atoms with E-state index in [0.29, 0.717) is 28.1 Å². The third kappa shape index (κ3) is 5.00. The molecule has 0 aliphatic rings. The van der Waals surface area contributed by atoms with Gasteiger partial charge < -0.3 is 9.47 Å². The molecule has 0 spiro atoms. The van der Waals surface area contributed by atoms with E-state index in [1.54, 1.807) is 54.5 Å². The van der Waals surface area contributed by atoms with Crippen molar-refractivity contribution in [3.05, 3.63) is 103 Å². The van der Waals surface area contributed by atoms with Gasteiger partial charge in [0.15, 0.2) is 11.6 Å². The predicted octanol–water partition coefficient (Wildman–Crippen LogP) is 4.53. The smallest absolute Gasteiger partial charge is 0.433 e. The Hall–Kier alpha value is -5.25. The number of hydrogen-bond acceptors (Lipinski definition) is 7. The van der Waals surface area contributed by atoms with E-state index in [1.165, 1.54) is 7.11 Å². The standard InChI is InChI=1S/C28H24N6O4/c1-33-18-29-23(31-33)17-38-26-24(27(35)32-34(28(36)37-2)20-13-7-4-8-14-20)21-15-9-10-16-22(21)30-25(26)19-11-5-3-6-12-19/h3-16,18H,17H2,1-2H3,(H,32,35). The Kier molecular flexibility index (Phi) is 6.94. The van der Waals surface area contributed by atoms with Gasteiger partial charge in [-0.25, -0.2) is 14.8 Å². The Bertz CT molecular complexity index is 1590. The van der Waals surface area contributed by atoms with Crippen molar-refractivity contribution in [1.29, 1.82) is 0 Å². The van der Waals surface area contributed by atoms with Crippen LogP contribution in [0.5, 0.6) is 5.75 Å². The van der Waals surface area contributed by atoms with Gasteiger partial charge in [-0.2, -0.15) is 10.1 Å². The number of carbonyl (C=O) groups excluding carboxylic acids is 2. The predicted molar refractivity (Wildman–Crippen MR) is 141 cm³/mol. The van der Waals surface area contributed by atoms with E-state index in [-0.39, 0.29) is 17.9 Å². The van der Waals surface area contributed by atoms with E-state index in [9.17, 15) is 9.59 Å². The second-order valence-electron chi connectivity index (χ2n) is 8.25. The van der Waals surface area contributed by atoms with E-state index in [1.807, 2.05) is 48.5 Å². The van der Waals surface area contributed by atoms with Crippen molar-refractivity contribution in [3.8, 4) is 17.0 Å². The molecule has 0 aliphatic heterocycles. The van der Waals surface area contributed by atoms with Crippen molar-refractivity contribution in [1.82, 2.24) is 25.2 Å². The lowest BCUT2D eigenvalue weighted by Crippen LogP contribution is -2.46. The summed E-state index contributed by atoms with van der Waals surface area (Å²) in [6.45, 7) is 0.000372. The van der Waals surface area contributed by atoms with E-state index < -0.39 is 12.0 Å². The molecule has 38 heavy (non-hydrogen) atoms. The monoisotopic (exact) mass is 508 g/mol. The molecule has 3 aromatic carbocycles. The molecule has 0 atom stereocenters. The highest BCUT2D eigenvalue weighted by atomic mass is 16.5. The minimum atomic E-state index is -0.758. The van der Waals surface area contributed by atoms with E-state index >= 15 is 0 Å². The molecule has 10 nitrogen and oxygen atoms in total. The number of aromatic nitrogens is 4. The summed E-state index contributed by atoms with van der Waals surface area (Å²) < 4.78 is 12.7. The van der Waals surface area contributed by atoms with Crippen LogP contribution in [0.3, 0.4) is 0 Å². The number of hydrazine groups is 1. The van der Waals surface area contributed by atoms with Crippen molar-refractivity contribution in [2.75, 3.05) is 12.1 Å². The van der Waals surface area contributed by atoms with Crippen LogP contribution in [0.2, 0.25) is 0 Å². The quantitative estimate of drug-likeness (QED) is 0.336. The number of amides is 2. The third-order valence-electron chi connectivity index (χ3n) is 5.70. The molecule has 0 fully saturated rings. The molecular formula is C28H24N6O4. The maximum absolute atomic E-state index is 14.0. The number of nitrogens with one attached hydrogen (secondary N) is 1. The number of rotatable bonds is 6. The van der Waals surface area contributed by atoms with Crippen LogP contribution in [0.4, 0.5) is 10.5 Å². The van der Waals surface area contributed by atoms with Gasteiger partial charge in [0.05, 0.1) is 23.9 Å². The Morgan fingerprint density at radius 2 is 1.63 bits per heavy atom. The van der Waals surface area contributed by atoms with E-state index in [0.717, 1.165) is 10.6 Å². The maximum Gasteiger partial charge on any atom is 0.433 e. The van der Waals surface area contributed by atoms with Crippen molar-refractivity contribution >= 4 is 28.6 Å². The minimum Gasteiger partial charge on any atom is -0.482 e. The van der Waals surface area contributed by atoms with E-state index in [2.05, 4.69) is 15.5 Å². The zero-order chi connectivity index (χ0) is 26.5. The number of aryl methyl sites for hydroxylation is 1. The van der Waals surface area contributed by atoms with Gasteiger partial charge in [0.1, 0.15) is 18.6 Å². The number of anilines is 1. The fraction of sp³-hybridized carbons (Fsp3) is 0.107. The van der Waals surface area contributed by atoms with Crippen molar-refractivity contribution in [2.24, 2.45) is 7.05 Å². The summed E-state index contributed by atoms with van der Waals surface area (Å²) in [7, 11) is 3.00. The lowest BCUT2D eigenvalue weighted by Gasteiger charge is -2.23. The number of nitrogens with zero attached hydrogens (tertiary/aromatic N) is 5. The van der Waals surface area contributed by atoms with Gasteiger partial charge in [-0.05, 0) is 18.2 Å². The number of methoxy groups -OCH3 is 1. The second-order valence-corrected chi connectivity index (χ2v) is 8.25. The first-order chi connectivity index (χ1) is 18.5. The Balaban J connectivity index is 1.66. The van der Waals surface area contributed by atoms with Crippen LogP contribution in [0.25, 0.3) is 22.2 Å². The lowest BCUT2D eigenvalue weighted by atomic mass is 10.0. The summed E-state index contributed by atoms with van der Waals surface area (Å²) in [5, 5.41) is 5.87. The largest absolute Gasteiger partial charge is 0.482 e. The Morgan fingerprint density at radius 1 is 0.947 bits per heavy atom. The molecule has 0 aliphatic carbocycles. The van der Waals surface area contributed by atoms with Gasteiger partial charge >= 0.3 is 6.09 Å². The molecule has 0 bridgehead atoms. The van der Waals surface area contributed by atoms with Crippen LogP contribution in [0.15, 0.2) is 91.3 Å². The SMILES string of the molecule is COC(=O)N(NC(=O)c1c(OCc2ncn(C)n2)c(-c2ccccc2)nc2ccccc12)c1ccccc1. The van der Waals surface area contributed by atoms with Gasteiger partial charge in [-0.15, -0.1) is 0 Å². The van der Waals surface area contributed by atoms with Gasteiger partial charge in [-0.1, -0.05) is 66.7 Å². The first kappa shape index (κ1) is 24.4. The molecule has 5 aromatic rings. The fourth-order valence-corrected chi connectivity index (χ4v) is 3.98. The lowest BCUT2D eigenvalue weighted by molar-refractivity contribution is 0.0938. The summed E-state index contributed by atoms with van der Waals surface area (Å²) in [4.78, 5) is 35.7. The molecule has 2 amide bonds. The number of pyridine rings is 1. The molecule has 0 saturated heterocycles. The van der Waals surface area contributed by atoms with Crippen molar-refractivity contribution in [2.45, 2.75) is 6.61 Å². The zero-order valence-electron chi connectivity index (χ0n) is 20.7. The topological polar surface area (TPSA) is 111 Å². The van der Waals surface area contributed by atoms with Crippen molar-refractivity contribution < 1.29 is 19.1 Å². The highest BCUT2D eigenvalue weighted by Crippen LogP contribution is 2.37. The maximum atomic E-state index is 14.0. The third-order valence-corrected chi connectivity index (χ3v) is 5.70. The van der Waals surface area contributed by atoms with Gasteiger partial charge in [0.2, 0.25) is 0 Å². The minimum absolute atomic E-state index is 0.000372. The summed E-state index contributed by atoms with van der Waals surface area (Å²) >= 11 is 0. The Labute approximate surface area is 218 Å². The summed E-state index contributed by atoms with van der Waals surface area (Å²) in [5.74, 6) is 0.0863. The summed E-state index contributed by atoms with van der Waals surface area (Å²) in [6, 6.07) is 25.3. The van der Waals surface area contributed by atoms with Crippen LogP contribution in [-0.2, 0) is 18.4 Å². The summed E-state index contributed by atoms with van der Waals surface area (Å²) in [5.41, 5.74) is 5.13. The van der Waals surface area contributed by atoms with Gasteiger partial charge in [0.25, 0.3) is 5.91 Å². The average Bonchev–Trinajstić information content (AvgIpc) is 3.39. The molecule has 2 heterocycles. The molecule has 0 unspecified atom stereocenters. The van der Waals surface area contributed by atoms with Crippen molar-refractivity contribution in [3.63, 3.8) is 0 Å². The molecule has 190 valence electrons. The number of hydrogen-bond donors (Lipinski definition) is 1. The molecule has 0 saturated carbocycles. The number of ether oxygens (including phenoxy) is 2. The first-order valence-corrected chi connectivity index (χ1v) is 11.7. The van der Waals surface area contributed by atoms with Gasteiger partial charge in [-0.3, -0.25) is 14.9 Å². The molecule has 10 heteroatoms. The first-order valence-electron chi connectivity index (χ1n) is 11.7. The van der Waals surface area contributed by atoms with Crippen LogP contribution >= 0.6 is 0 Å². The van der Waals surface area contributed by atoms with Crippen LogP contribution in [-0.4, -0.2) is 38.9 Å². The summed E-state index contributed by atoms with van der Waals surface area (Å²) in [6.07, 6.45) is 0.809. The number of benzene rings is 3. The fourth-order valence-electron chi connectivity index (χ4n) is 3.98. The second kappa shape index (κ2) is 10.8. The molecule has 2 aromatic heterocycles. The number of para-hydroxylation sites is 2. The highest BCUT2D eigenvalue weighted by molar-refractivity contribution is 6.12. The van der Waals surface area contributed by atoms with Crippen LogP contribution in [0.1, 0.15) is 16.2 Å². The highest BCUT2D eigenvalue weighted by Gasteiger charge is 2.27. The zero-order valence-corrected chi connectivity index (χ0v) is 20.7. The molecule has 1 N–H and O–H groups in total. The van der Waals surface area contributed by atoms with Crippen LogP contribution < -0.4 is 15.2 Å². The Morgan fingerprint density at radius 3 is 2.32 bits per heavy atom. The molecule has 5 rings (SSSR count). The van der Waals surface area contributed by atoms with E-state index in [4.69, 9.17) is 14.5 Å². The van der Waals surface area contributed by atoms with Crippen LogP contribution in [0, 0.1) is 0 Å². The average molecular weight is 509 g/mol. The van der Waals surface area contributed by atoms with Gasteiger partial charge in [0, 0.05) is 18.0 Å². The molecular weight excluding hydrogens is 484 g/mol. The normalized spacial score (nSPS) is 10.7. The number of carbonyl (C=O) groups is 2.